The molecule has 8 heteroatoms. The van der Waals surface area contributed by atoms with Gasteiger partial charge in [-0.3, -0.25) is 4.79 Å². The summed E-state index contributed by atoms with van der Waals surface area (Å²) in [6, 6.07) is 9.73. The predicted octanol–water partition coefficient (Wildman–Crippen LogP) is 5.19. The van der Waals surface area contributed by atoms with Crippen LogP contribution in [-0.2, 0) is 6.54 Å². The Labute approximate surface area is 214 Å². The van der Waals surface area contributed by atoms with Crippen LogP contribution in [0.4, 0.5) is 17.5 Å². The Kier molecular flexibility index (Phi) is 8.06. The second-order valence-electron chi connectivity index (χ2n) is 11.9. The van der Waals surface area contributed by atoms with Gasteiger partial charge in [0.25, 0.3) is 5.91 Å². The van der Waals surface area contributed by atoms with Crippen LogP contribution >= 0.6 is 0 Å². The number of carbonyl (C=O) groups is 1. The van der Waals surface area contributed by atoms with Gasteiger partial charge in [-0.1, -0.05) is 48.0 Å². The maximum Gasteiger partial charge on any atom is 0.251 e. The van der Waals surface area contributed by atoms with Gasteiger partial charge in [0.05, 0.1) is 5.39 Å². The normalized spacial score (nSPS) is 13.0. The van der Waals surface area contributed by atoms with Crippen molar-refractivity contribution in [3.8, 4) is 0 Å². The Morgan fingerprint density at radius 1 is 1.06 bits per heavy atom. The van der Waals surface area contributed by atoms with E-state index in [-0.39, 0.29) is 23.3 Å². The monoisotopic (exact) mass is 491 g/mol. The van der Waals surface area contributed by atoms with Gasteiger partial charge in [0, 0.05) is 37.1 Å². The smallest absolute Gasteiger partial charge is 0.251 e. The second kappa shape index (κ2) is 10.7. The summed E-state index contributed by atoms with van der Waals surface area (Å²) >= 11 is 0. The first-order valence-electron chi connectivity index (χ1n) is 12.5. The van der Waals surface area contributed by atoms with Crippen molar-refractivity contribution < 1.29 is 4.79 Å². The van der Waals surface area contributed by atoms with E-state index in [0.29, 0.717) is 34.4 Å². The summed E-state index contributed by atoms with van der Waals surface area (Å²) in [5, 5.41) is 3.96. The van der Waals surface area contributed by atoms with Crippen molar-refractivity contribution in [1.29, 1.82) is 0 Å². The van der Waals surface area contributed by atoms with E-state index in [1.807, 2.05) is 37.4 Å². The van der Waals surface area contributed by atoms with Crippen LogP contribution in [0.3, 0.4) is 0 Å². The number of carbonyl (C=O) groups excluding carboxylic acids is 1. The first-order chi connectivity index (χ1) is 16.7. The molecule has 3 rings (SSSR count). The molecule has 1 atom stereocenters. The van der Waals surface area contributed by atoms with E-state index in [1.54, 1.807) is 6.20 Å². The topological polar surface area (TPSA) is 123 Å². The molecule has 0 aliphatic rings. The predicted molar refractivity (Wildman–Crippen MR) is 149 cm³/mol. The molecule has 8 nitrogen and oxygen atoms in total. The fourth-order valence-electron chi connectivity index (χ4n) is 4.21. The molecule has 0 fully saturated rings. The fourth-order valence-corrected chi connectivity index (χ4v) is 4.21. The maximum atomic E-state index is 13.0. The summed E-state index contributed by atoms with van der Waals surface area (Å²) in [6.45, 7) is 13.9. The van der Waals surface area contributed by atoms with Crippen molar-refractivity contribution in [3.63, 3.8) is 0 Å². The lowest BCUT2D eigenvalue weighted by atomic mass is 9.81. The molecule has 3 aromatic rings. The minimum absolute atomic E-state index is 0.0122. The van der Waals surface area contributed by atoms with E-state index in [9.17, 15) is 4.79 Å². The number of nitrogens with two attached hydrogens (primary N) is 2. The van der Waals surface area contributed by atoms with Crippen LogP contribution in [-0.4, -0.2) is 33.9 Å². The highest BCUT2D eigenvalue weighted by atomic mass is 16.1. The Hall–Kier alpha value is -3.42. The highest BCUT2D eigenvalue weighted by Gasteiger charge is 2.27. The molecule has 2 heterocycles. The van der Waals surface area contributed by atoms with E-state index < -0.39 is 0 Å². The van der Waals surface area contributed by atoms with Gasteiger partial charge >= 0.3 is 0 Å². The average Bonchev–Trinajstić information content (AvgIpc) is 2.77. The third-order valence-electron chi connectivity index (χ3n) is 6.41. The Morgan fingerprint density at radius 3 is 2.33 bits per heavy atom. The van der Waals surface area contributed by atoms with Crippen molar-refractivity contribution >= 4 is 34.4 Å². The molecular weight excluding hydrogens is 450 g/mol. The third-order valence-corrected chi connectivity index (χ3v) is 6.41. The number of nitrogens with one attached hydrogen (secondary N) is 1. The third kappa shape index (κ3) is 7.29. The number of hydrogen-bond donors (Lipinski definition) is 3. The van der Waals surface area contributed by atoms with Crippen LogP contribution in [0.15, 0.2) is 36.5 Å². The van der Waals surface area contributed by atoms with Crippen LogP contribution < -0.4 is 21.7 Å². The van der Waals surface area contributed by atoms with Gasteiger partial charge in [-0.05, 0) is 59.6 Å². The van der Waals surface area contributed by atoms with Crippen molar-refractivity contribution in [3.05, 3.63) is 47.7 Å². The van der Waals surface area contributed by atoms with Crippen molar-refractivity contribution in [2.75, 3.05) is 23.4 Å². The van der Waals surface area contributed by atoms with Crippen molar-refractivity contribution in [2.24, 2.45) is 10.8 Å². The van der Waals surface area contributed by atoms with Crippen LogP contribution in [0.25, 0.3) is 11.0 Å². The number of pyridine rings is 1. The van der Waals surface area contributed by atoms with E-state index in [2.05, 4.69) is 66.7 Å². The van der Waals surface area contributed by atoms with Gasteiger partial charge < -0.3 is 21.7 Å². The first-order valence-corrected chi connectivity index (χ1v) is 12.5. The minimum Gasteiger partial charge on any atom is -0.383 e. The zero-order valence-corrected chi connectivity index (χ0v) is 22.7. The number of rotatable bonds is 8. The molecule has 2 aromatic heterocycles. The summed E-state index contributed by atoms with van der Waals surface area (Å²) in [5.41, 5.74) is 15.0. The quantitative estimate of drug-likeness (QED) is 0.396. The number of nitrogen functional groups attached to an aromatic ring is 2. The molecular formula is C28H41N7O. The molecule has 1 aromatic carbocycles. The van der Waals surface area contributed by atoms with Crippen molar-refractivity contribution in [1.82, 2.24) is 20.3 Å². The molecule has 0 aliphatic carbocycles. The van der Waals surface area contributed by atoms with E-state index in [0.717, 1.165) is 30.5 Å². The number of amides is 1. The number of fused-ring (bicyclic) bond motifs is 1. The van der Waals surface area contributed by atoms with Gasteiger partial charge in [0.1, 0.15) is 5.82 Å². The minimum atomic E-state index is -0.0339. The molecule has 0 saturated carbocycles. The molecule has 0 aliphatic heterocycles. The zero-order chi connectivity index (χ0) is 26.7. The van der Waals surface area contributed by atoms with E-state index >= 15 is 0 Å². The van der Waals surface area contributed by atoms with Crippen LogP contribution in [0.5, 0.6) is 0 Å². The molecule has 0 bridgehead atoms. The second-order valence-corrected chi connectivity index (χ2v) is 11.9. The number of benzene rings is 1. The lowest BCUT2D eigenvalue weighted by Gasteiger charge is -2.32. The summed E-state index contributed by atoms with van der Waals surface area (Å²) < 4.78 is 0. The van der Waals surface area contributed by atoms with Gasteiger partial charge in [-0.15, -0.1) is 0 Å². The maximum absolute atomic E-state index is 13.0. The summed E-state index contributed by atoms with van der Waals surface area (Å²) in [4.78, 5) is 27.7. The molecule has 0 spiro atoms. The van der Waals surface area contributed by atoms with Gasteiger partial charge in [-0.25, -0.2) is 4.98 Å². The Balaban J connectivity index is 1.65. The average molecular weight is 492 g/mol. The number of anilines is 3. The number of hydrogen-bond acceptors (Lipinski definition) is 7. The highest BCUT2D eigenvalue weighted by Crippen LogP contribution is 2.28. The largest absolute Gasteiger partial charge is 0.383 e. The van der Waals surface area contributed by atoms with Crippen LogP contribution in [0.1, 0.15) is 76.7 Å². The van der Waals surface area contributed by atoms with Gasteiger partial charge in [-0.2, -0.15) is 9.97 Å². The number of nitrogens with zero attached hydrogens (tertiary/aromatic N) is 4. The number of aromatic nitrogens is 3. The fraction of sp³-hybridized carbons (Fsp3) is 0.500. The van der Waals surface area contributed by atoms with Gasteiger partial charge in [0.2, 0.25) is 5.95 Å². The zero-order valence-electron chi connectivity index (χ0n) is 22.7. The summed E-state index contributed by atoms with van der Waals surface area (Å²) in [6.07, 6.45) is 4.95. The SMILES string of the molecule is CN(Cc1cnc2nc(N)nc(N)c2c1)c1ccc(C(=O)NC(CCCC(C)(C)C)C(C)(C)C)cc1. The van der Waals surface area contributed by atoms with E-state index in [1.165, 1.54) is 0 Å². The van der Waals surface area contributed by atoms with Crippen LogP contribution in [0, 0.1) is 10.8 Å². The first kappa shape index (κ1) is 27.2. The molecule has 0 radical (unpaired) electrons. The Morgan fingerprint density at radius 2 is 1.72 bits per heavy atom. The molecule has 1 amide bonds. The standard InChI is InChI=1S/C28H41N7O/c1-27(2,3)14-8-9-22(28(4,5)6)32-25(36)19-10-12-20(13-11-19)35(7)17-18-15-21-23(29)33-26(30)34-24(21)31-16-18/h10-13,15-16,22H,8-9,14,17H2,1-7H3,(H,32,36)(H4,29,30,31,33,34). The summed E-state index contributed by atoms with van der Waals surface area (Å²) in [7, 11) is 1.99. The van der Waals surface area contributed by atoms with E-state index in [4.69, 9.17) is 11.5 Å². The van der Waals surface area contributed by atoms with Crippen molar-refractivity contribution in [2.45, 2.75) is 73.4 Å². The summed E-state index contributed by atoms with van der Waals surface area (Å²) in [5.74, 6) is 0.394. The Bertz CT molecular complexity index is 1190. The molecule has 5 N–H and O–H groups in total. The molecule has 194 valence electrons. The van der Waals surface area contributed by atoms with Gasteiger partial charge in [0.15, 0.2) is 5.65 Å². The highest BCUT2D eigenvalue weighted by molar-refractivity contribution is 5.94. The molecule has 1 unspecified atom stereocenters. The lowest BCUT2D eigenvalue weighted by Crippen LogP contribution is -2.43. The van der Waals surface area contributed by atoms with Crippen LogP contribution in [0.2, 0.25) is 0 Å². The molecule has 0 saturated heterocycles. The lowest BCUT2D eigenvalue weighted by molar-refractivity contribution is 0.0894. The molecule has 36 heavy (non-hydrogen) atoms.